The van der Waals surface area contributed by atoms with Gasteiger partial charge >= 0.3 is 5.97 Å². The minimum atomic E-state index is -0.165. The molecule has 4 nitrogen and oxygen atoms in total. The van der Waals surface area contributed by atoms with Crippen LogP contribution < -0.4 is 4.74 Å². The van der Waals surface area contributed by atoms with Crippen LogP contribution in [0.2, 0.25) is 0 Å². The molecule has 4 heteroatoms. The molecule has 0 bridgehead atoms. The lowest BCUT2D eigenvalue weighted by molar-refractivity contribution is -0.143. The molecular formula is C14H17NO3. The second-order valence-corrected chi connectivity index (χ2v) is 3.96. The van der Waals surface area contributed by atoms with E-state index in [-0.39, 0.29) is 5.97 Å². The van der Waals surface area contributed by atoms with Gasteiger partial charge < -0.3 is 14.0 Å². The molecule has 18 heavy (non-hydrogen) atoms. The standard InChI is InChI=1S/C14H17NO3/c1-3-18-14(16)8-10-15-9-7-11-12(15)5-4-6-13(11)17-2/h4-7,9H,3,8,10H2,1-2H3. The molecule has 0 fully saturated rings. The van der Waals surface area contributed by atoms with E-state index < -0.39 is 0 Å². The van der Waals surface area contributed by atoms with Gasteiger partial charge in [-0.1, -0.05) is 6.07 Å². The quantitative estimate of drug-likeness (QED) is 0.762. The lowest BCUT2D eigenvalue weighted by Crippen LogP contribution is -2.08. The molecule has 0 N–H and O–H groups in total. The highest BCUT2D eigenvalue weighted by atomic mass is 16.5. The normalized spacial score (nSPS) is 10.6. The number of aryl methyl sites for hydroxylation is 1. The molecule has 0 radical (unpaired) electrons. The fraction of sp³-hybridized carbons (Fsp3) is 0.357. The first-order valence-corrected chi connectivity index (χ1v) is 6.03. The van der Waals surface area contributed by atoms with Crippen LogP contribution in [0.1, 0.15) is 13.3 Å². The summed E-state index contributed by atoms with van der Waals surface area (Å²) in [4.78, 5) is 11.3. The molecule has 0 amide bonds. The number of aromatic nitrogens is 1. The first-order valence-electron chi connectivity index (χ1n) is 6.03. The van der Waals surface area contributed by atoms with Crippen molar-refractivity contribution in [2.45, 2.75) is 19.9 Å². The van der Waals surface area contributed by atoms with Crippen molar-refractivity contribution in [2.75, 3.05) is 13.7 Å². The van der Waals surface area contributed by atoms with Crippen LogP contribution in [0.15, 0.2) is 30.5 Å². The smallest absolute Gasteiger partial charge is 0.307 e. The van der Waals surface area contributed by atoms with Gasteiger partial charge in [0, 0.05) is 18.1 Å². The molecule has 0 atom stereocenters. The molecule has 0 saturated heterocycles. The van der Waals surface area contributed by atoms with E-state index in [1.165, 1.54) is 0 Å². The average molecular weight is 247 g/mol. The molecule has 1 aromatic carbocycles. The summed E-state index contributed by atoms with van der Waals surface area (Å²) in [5.74, 6) is 0.685. The van der Waals surface area contributed by atoms with Gasteiger partial charge in [0.15, 0.2) is 0 Å². The zero-order valence-corrected chi connectivity index (χ0v) is 10.7. The summed E-state index contributed by atoms with van der Waals surface area (Å²) < 4.78 is 12.3. The summed E-state index contributed by atoms with van der Waals surface area (Å²) in [6, 6.07) is 7.89. The fourth-order valence-electron chi connectivity index (χ4n) is 2.01. The van der Waals surface area contributed by atoms with E-state index in [4.69, 9.17) is 9.47 Å². The Bertz CT molecular complexity index is 545. The summed E-state index contributed by atoms with van der Waals surface area (Å²) in [6.45, 7) is 2.86. The van der Waals surface area contributed by atoms with Gasteiger partial charge in [0.25, 0.3) is 0 Å². The van der Waals surface area contributed by atoms with Crippen LogP contribution in [0.5, 0.6) is 5.75 Å². The van der Waals surface area contributed by atoms with Gasteiger partial charge in [-0.3, -0.25) is 4.79 Å². The Balaban J connectivity index is 2.17. The Labute approximate surface area is 106 Å². The summed E-state index contributed by atoms with van der Waals surface area (Å²) in [7, 11) is 1.66. The number of hydrogen-bond donors (Lipinski definition) is 0. The molecule has 0 aliphatic carbocycles. The summed E-state index contributed by atoms with van der Waals surface area (Å²) >= 11 is 0. The van der Waals surface area contributed by atoms with Gasteiger partial charge in [-0.15, -0.1) is 0 Å². The Morgan fingerprint density at radius 1 is 1.33 bits per heavy atom. The lowest BCUT2D eigenvalue weighted by atomic mass is 10.2. The van der Waals surface area contributed by atoms with E-state index in [1.807, 2.05) is 42.0 Å². The van der Waals surface area contributed by atoms with Crippen LogP contribution in [-0.2, 0) is 16.1 Å². The molecule has 1 heterocycles. The Morgan fingerprint density at radius 3 is 2.89 bits per heavy atom. The maximum atomic E-state index is 11.3. The minimum Gasteiger partial charge on any atom is -0.496 e. The maximum Gasteiger partial charge on any atom is 0.307 e. The number of carbonyl (C=O) groups is 1. The van der Waals surface area contributed by atoms with Crippen molar-refractivity contribution in [1.29, 1.82) is 0 Å². The molecule has 0 spiro atoms. The topological polar surface area (TPSA) is 40.5 Å². The molecule has 0 aliphatic rings. The van der Waals surface area contributed by atoms with Crippen molar-refractivity contribution in [3.05, 3.63) is 30.5 Å². The molecule has 0 aliphatic heterocycles. The highest BCUT2D eigenvalue weighted by molar-refractivity contribution is 5.86. The number of methoxy groups -OCH3 is 1. The van der Waals surface area contributed by atoms with Gasteiger partial charge in [-0.25, -0.2) is 0 Å². The number of fused-ring (bicyclic) bond motifs is 1. The van der Waals surface area contributed by atoms with Crippen LogP contribution >= 0.6 is 0 Å². The van der Waals surface area contributed by atoms with Crippen molar-refractivity contribution in [3.8, 4) is 5.75 Å². The van der Waals surface area contributed by atoms with Crippen molar-refractivity contribution in [2.24, 2.45) is 0 Å². The average Bonchev–Trinajstić information content (AvgIpc) is 2.79. The summed E-state index contributed by atoms with van der Waals surface area (Å²) in [5.41, 5.74) is 1.07. The minimum absolute atomic E-state index is 0.165. The van der Waals surface area contributed by atoms with E-state index in [1.54, 1.807) is 7.11 Å². The third-order valence-corrected chi connectivity index (χ3v) is 2.86. The number of benzene rings is 1. The van der Waals surface area contributed by atoms with Crippen LogP contribution in [0.4, 0.5) is 0 Å². The zero-order chi connectivity index (χ0) is 13.0. The number of nitrogens with zero attached hydrogens (tertiary/aromatic N) is 1. The maximum absolute atomic E-state index is 11.3. The molecule has 1 aromatic heterocycles. The highest BCUT2D eigenvalue weighted by Gasteiger charge is 2.07. The first-order chi connectivity index (χ1) is 8.76. The van der Waals surface area contributed by atoms with Gasteiger partial charge in [-0.05, 0) is 25.1 Å². The molecule has 0 saturated carbocycles. The zero-order valence-electron chi connectivity index (χ0n) is 10.7. The van der Waals surface area contributed by atoms with Gasteiger partial charge in [-0.2, -0.15) is 0 Å². The van der Waals surface area contributed by atoms with Gasteiger partial charge in [0.05, 0.1) is 25.7 Å². The van der Waals surface area contributed by atoms with Crippen LogP contribution in [0, 0.1) is 0 Å². The van der Waals surface area contributed by atoms with Crippen molar-refractivity contribution in [1.82, 2.24) is 4.57 Å². The van der Waals surface area contributed by atoms with E-state index >= 15 is 0 Å². The van der Waals surface area contributed by atoms with Crippen molar-refractivity contribution >= 4 is 16.9 Å². The second kappa shape index (κ2) is 5.58. The molecule has 96 valence electrons. The van der Waals surface area contributed by atoms with Crippen LogP contribution in [0.3, 0.4) is 0 Å². The molecule has 0 unspecified atom stereocenters. The third kappa shape index (κ3) is 2.47. The van der Waals surface area contributed by atoms with Gasteiger partial charge in [0.2, 0.25) is 0 Å². The Hall–Kier alpha value is -1.97. The van der Waals surface area contributed by atoms with E-state index in [0.717, 1.165) is 16.7 Å². The van der Waals surface area contributed by atoms with Crippen LogP contribution in [-0.4, -0.2) is 24.3 Å². The third-order valence-electron chi connectivity index (χ3n) is 2.86. The van der Waals surface area contributed by atoms with E-state index in [0.29, 0.717) is 19.6 Å². The SMILES string of the molecule is CCOC(=O)CCn1ccc2c(OC)cccc21. The number of rotatable bonds is 5. The predicted octanol–water partition coefficient (Wildman–Crippen LogP) is 2.60. The highest BCUT2D eigenvalue weighted by Crippen LogP contribution is 2.26. The van der Waals surface area contributed by atoms with Crippen LogP contribution in [0.25, 0.3) is 10.9 Å². The second-order valence-electron chi connectivity index (χ2n) is 3.96. The molecular weight excluding hydrogens is 230 g/mol. The van der Waals surface area contributed by atoms with Gasteiger partial charge in [0.1, 0.15) is 5.75 Å². The van der Waals surface area contributed by atoms with Crippen molar-refractivity contribution < 1.29 is 14.3 Å². The van der Waals surface area contributed by atoms with E-state index in [2.05, 4.69) is 0 Å². The van der Waals surface area contributed by atoms with E-state index in [9.17, 15) is 4.79 Å². The number of esters is 1. The molecule has 2 aromatic rings. The molecule has 2 rings (SSSR count). The Morgan fingerprint density at radius 2 is 2.17 bits per heavy atom. The number of ether oxygens (including phenoxy) is 2. The number of hydrogen-bond acceptors (Lipinski definition) is 3. The first kappa shape index (κ1) is 12.5. The number of carbonyl (C=O) groups excluding carboxylic acids is 1. The largest absolute Gasteiger partial charge is 0.496 e. The summed E-state index contributed by atoms with van der Waals surface area (Å²) in [6.07, 6.45) is 2.35. The predicted molar refractivity (Wildman–Crippen MR) is 69.7 cm³/mol. The summed E-state index contributed by atoms with van der Waals surface area (Å²) in [5, 5.41) is 1.06. The Kier molecular flexibility index (Phi) is 3.87. The lowest BCUT2D eigenvalue weighted by Gasteiger charge is -2.06. The monoisotopic (exact) mass is 247 g/mol. The van der Waals surface area contributed by atoms with Crippen molar-refractivity contribution in [3.63, 3.8) is 0 Å². The fourth-order valence-corrected chi connectivity index (χ4v) is 2.01.